The van der Waals surface area contributed by atoms with Gasteiger partial charge in [-0.25, -0.2) is 14.7 Å². The van der Waals surface area contributed by atoms with Crippen LogP contribution in [0.25, 0.3) is 0 Å². The number of anilines is 1. The third-order valence-electron chi connectivity index (χ3n) is 1.32. The SMILES string of the molecule is CN(C)S(=O)(=O)Nc1nccc(Br)n1. The third-order valence-corrected chi connectivity index (χ3v) is 3.17. The van der Waals surface area contributed by atoms with E-state index in [9.17, 15) is 8.42 Å². The summed E-state index contributed by atoms with van der Waals surface area (Å²) in [6.07, 6.45) is 1.45. The minimum Gasteiger partial charge on any atom is -0.238 e. The summed E-state index contributed by atoms with van der Waals surface area (Å²) in [4.78, 5) is 7.58. The van der Waals surface area contributed by atoms with E-state index in [-0.39, 0.29) is 5.95 Å². The fraction of sp³-hybridized carbons (Fsp3) is 0.333. The summed E-state index contributed by atoms with van der Waals surface area (Å²) in [6.45, 7) is 0. The van der Waals surface area contributed by atoms with Crippen LogP contribution in [-0.4, -0.2) is 36.8 Å². The van der Waals surface area contributed by atoms with Gasteiger partial charge in [-0.05, 0) is 22.0 Å². The molecule has 0 fully saturated rings. The van der Waals surface area contributed by atoms with Gasteiger partial charge >= 0.3 is 10.2 Å². The molecule has 78 valence electrons. The zero-order valence-corrected chi connectivity index (χ0v) is 10.0. The molecule has 8 heteroatoms. The lowest BCUT2D eigenvalue weighted by molar-refractivity contribution is 0.526. The van der Waals surface area contributed by atoms with E-state index in [2.05, 4.69) is 30.6 Å². The van der Waals surface area contributed by atoms with E-state index in [0.29, 0.717) is 4.60 Å². The first-order valence-corrected chi connectivity index (χ1v) is 5.84. The largest absolute Gasteiger partial charge is 0.303 e. The van der Waals surface area contributed by atoms with Gasteiger partial charge in [0, 0.05) is 20.3 Å². The van der Waals surface area contributed by atoms with Crippen LogP contribution in [0.1, 0.15) is 0 Å². The van der Waals surface area contributed by atoms with Gasteiger partial charge in [-0.15, -0.1) is 0 Å². The Labute approximate surface area is 90.7 Å². The molecular weight excluding hydrogens is 272 g/mol. The monoisotopic (exact) mass is 280 g/mol. The number of nitrogens with zero attached hydrogens (tertiary/aromatic N) is 3. The van der Waals surface area contributed by atoms with Crippen molar-refractivity contribution in [2.75, 3.05) is 18.8 Å². The van der Waals surface area contributed by atoms with Crippen molar-refractivity contribution in [3.05, 3.63) is 16.9 Å². The minimum atomic E-state index is -3.53. The van der Waals surface area contributed by atoms with Gasteiger partial charge in [-0.2, -0.15) is 12.7 Å². The Kier molecular flexibility index (Phi) is 3.40. The van der Waals surface area contributed by atoms with E-state index >= 15 is 0 Å². The molecule has 0 aliphatic heterocycles. The summed E-state index contributed by atoms with van der Waals surface area (Å²) in [5.74, 6) is 0.0353. The van der Waals surface area contributed by atoms with Crippen molar-refractivity contribution >= 4 is 32.1 Å². The fourth-order valence-corrected chi connectivity index (χ4v) is 1.39. The van der Waals surface area contributed by atoms with Crippen LogP contribution in [0.4, 0.5) is 5.95 Å². The number of nitrogens with one attached hydrogen (secondary N) is 1. The predicted octanol–water partition coefficient (Wildman–Crippen LogP) is 0.457. The van der Waals surface area contributed by atoms with Crippen molar-refractivity contribution in [3.8, 4) is 0 Å². The highest BCUT2D eigenvalue weighted by molar-refractivity contribution is 9.10. The van der Waals surface area contributed by atoms with E-state index in [4.69, 9.17) is 0 Å². The average molecular weight is 281 g/mol. The maximum atomic E-state index is 11.3. The van der Waals surface area contributed by atoms with Gasteiger partial charge in [-0.1, -0.05) is 0 Å². The van der Waals surface area contributed by atoms with Crippen LogP contribution in [0.15, 0.2) is 16.9 Å². The molecule has 1 N–H and O–H groups in total. The van der Waals surface area contributed by atoms with E-state index in [1.807, 2.05) is 0 Å². The predicted molar refractivity (Wildman–Crippen MR) is 56.0 cm³/mol. The first kappa shape index (κ1) is 11.3. The Hall–Kier alpha value is -0.730. The van der Waals surface area contributed by atoms with Crippen molar-refractivity contribution in [2.24, 2.45) is 0 Å². The van der Waals surface area contributed by atoms with E-state index in [0.717, 1.165) is 4.31 Å². The van der Waals surface area contributed by atoms with Gasteiger partial charge in [0.25, 0.3) is 0 Å². The Morgan fingerprint density at radius 1 is 1.50 bits per heavy atom. The molecule has 6 nitrogen and oxygen atoms in total. The molecule has 0 bridgehead atoms. The molecule has 0 aliphatic rings. The zero-order chi connectivity index (χ0) is 10.8. The van der Waals surface area contributed by atoms with Gasteiger partial charge in [0.15, 0.2) is 0 Å². The van der Waals surface area contributed by atoms with Crippen LogP contribution in [0.3, 0.4) is 0 Å². The molecule has 0 unspecified atom stereocenters. The summed E-state index contributed by atoms with van der Waals surface area (Å²) >= 11 is 3.11. The zero-order valence-electron chi connectivity index (χ0n) is 7.60. The standard InChI is InChI=1S/C6H9BrN4O2S/c1-11(2)14(12,13)10-6-8-4-3-5(7)9-6/h3-4H,1-2H3,(H,8,9,10). The molecule has 1 aromatic heterocycles. The second kappa shape index (κ2) is 4.20. The molecule has 0 saturated carbocycles. The average Bonchev–Trinajstić information content (AvgIpc) is 2.02. The minimum absolute atomic E-state index is 0.0353. The van der Waals surface area contributed by atoms with E-state index in [1.54, 1.807) is 6.07 Å². The third kappa shape index (κ3) is 2.89. The van der Waals surface area contributed by atoms with Crippen LogP contribution in [0, 0.1) is 0 Å². The quantitative estimate of drug-likeness (QED) is 0.817. The number of halogens is 1. The van der Waals surface area contributed by atoms with Crippen molar-refractivity contribution < 1.29 is 8.42 Å². The Morgan fingerprint density at radius 3 is 2.64 bits per heavy atom. The number of aromatic nitrogens is 2. The highest BCUT2D eigenvalue weighted by atomic mass is 79.9. The number of rotatable bonds is 3. The van der Waals surface area contributed by atoms with Crippen molar-refractivity contribution in [3.63, 3.8) is 0 Å². The summed E-state index contributed by atoms with van der Waals surface area (Å²) in [7, 11) is -0.697. The van der Waals surface area contributed by atoms with Crippen LogP contribution >= 0.6 is 15.9 Å². The lowest BCUT2D eigenvalue weighted by Gasteiger charge is -2.11. The topological polar surface area (TPSA) is 75.2 Å². The van der Waals surface area contributed by atoms with Gasteiger partial charge in [-0.3, -0.25) is 0 Å². The van der Waals surface area contributed by atoms with E-state index < -0.39 is 10.2 Å². The van der Waals surface area contributed by atoms with Gasteiger partial charge in [0.05, 0.1) is 0 Å². The second-order valence-corrected chi connectivity index (χ2v) is 5.29. The molecule has 1 aromatic rings. The molecule has 0 radical (unpaired) electrons. The normalized spacial score (nSPS) is 11.7. The van der Waals surface area contributed by atoms with Crippen LogP contribution < -0.4 is 4.72 Å². The summed E-state index contributed by atoms with van der Waals surface area (Å²) < 4.78 is 26.4. The molecule has 0 aromatic carbocycles. The fourth-order valence-electron chi connectivity index (χ4n) is 0.593. The number of hydrogen-bond donors (Lipinski definition) is 1. The van der Waals surface area contributed by atoms with Crippen LogP contribution in [0.2, 0.25) is 0 Å². The summed E-state index contributed by atoms with van der Waals surface area (Å²) in [5.41, 5.74) is 0. The maximum Gasteiger partial charge on any atom is 0.303 e. The second-order valence-electron chi connectivity index (χ2n) is 2.59. The highest BCUT2D eigenvalue weighted by Crippen LogP contribution is 2.08. The van der Waals surface area contributed by atoms with Crippen molar-refractivity contribution in [2.45, 2.75) is 0 Å². The molecule has 14 heavy (non-hydrogen) atoms. The van der Waals surface area contributed by atoms with Crippen LogP contribution in [-0.2, 0) is 10.2 Å². The number of hydrogen-bond acceptors (Lipinski definition) is 4. The molecule has 0 amide bonds. The lowest BCUT2D eigenvalue weighted by Crippen LogP contribution is -2.29. The smallest absolute Gasteiger partial charge is 0.238 e. The Balaban J connectivity index is 2.90. The van der Waals surface area contributed by atoms with E-state index in [1.165, 1.54) is 20.3 Å². The molecule has 0 aliphatic carbocycles. The molecule has 0 spiro atoms. The Bertz CT molecular complexity index is 420. The summed E-state index contributed by atoms with van der Waals surface area (Å²) in [6, 6.07) is 1.60. The maximum absolute atomic E-state index is 11.3. The van der Waals surface area contributed by atoms with Gasteiger partial charge < -0.3 is 0 Å². The molecule has 1 rings (SSSR count). The first-order valence-electron chi connectivity index (χ1n) is 3.60. The lowest BCUT2D eigenvalue weighted by atomic mass is 10.7. The van der Waals surface area contributed by atoms with Crippen molar-refractivity contribution in [1.29, 1.82) is 0 Å². The molecule has 1 heterocycles. The summed E-state index contributed by atoms with van der Waals surface area (Å²) in [5, 5.41) is 0. The molecule has 0 saturated heterocycles. The van der Waals surface area contributed by atoms with Crippen molar-refractivity contribution in [1.82, 2.24) is 14.3 Å². The first-order chi connectivity index (χ1) is 6.42. The molecule has 0 atom stereocenters. The van der Waals surface area contributed by atoms with Gasteiger partial charge in [0.1, 0.15) is 4.60 Å². The van der Waals surface area contributed by atoms with Crippen LogP contribution in [0.5, 0.6) is 0 Å². The Morgan fingerprint density at radius 2 is 2.14 bits per heavy atom. The molecular formula is C6H9BrN4O2S. The van der Waals surface area contributed by atoms with Gasteiger partial charge in [0.2, 0.25) is 5.95 Å². The highest BCUT2D eigenvalue weighted by Gasteiger charge is 2.14.